The second-order valence-corrected chi connectivity index (χ2v) is 4.86. The van der Waals surface area contributed by atoms with E-state index < -0.39 is 0 Å². The van der Waals surface area contributed by atoms with Crippen molar-refractivity contribution in [3.05, 3.63) is 28.2 Å². The van der Waals surface area contributed by atoms with Gasteiger partial charge in [-0.15, -0.1) is 0 Å². The van der Waals surface area contributed by atoms with Gasteiger partial charge < -0.3 is 10.1 Å². The molecule has 0 spiro atoms. The summed E-state index contributed by atoms with van der Waals surface area (Å²) in [4.78, 5) is 12.7. The van der Waals surface area contributed by atoms with E-state index in [1.165, 1.54) is 7.11 Å². The summed E-state index contributed by atoms with van der Waals surface area (Å²) in [7, 11) is 1.50. The smallest absolute Gasteiger partial charge is 0.321 e. The third-order valence-corrected chi connectivity index (χ3v) is 3.06. The number of halogens is 2. The number of aromatic nitrogens is 3. The van der Waals surface area contributed by atoms with Crippen molar-refractivity contribution in [3.63, 3.8) is 0 Å². The fourth-order valence-electron chi connectivity index (χ4n) is 1.55. The first kappa shape index (κ1) is 14.8. The fourth-order valence-corrected chi connectivity index (χ4v) is 1.93. The molecule has 0 aliphatic rings. The molecule has 1 heterocycles. The second kappa shape index (κ2) is 6.72. The van der Waals surface area contributed by atoms with Gasteiger partial charge in [0, 0.05) is 17.1 Å². The summed E-state index contributed by atoms with van der Waals surface area (Å²) >= 11 is 12.1. The van der Waals surface area contributed by atoms with Crippen LogP contribution >= 0.6 is 23.2 Å². The lowest BCUT2D eigenvalue weighted by Crippen LogP contribution is -2.07. The van der Waals surface area contributed by atoms with Crippen LogP contribution in [0.3, 0.4) is 0 Å². The summed E-state index contributed by atoms with van der Waals surface area (Å²) < 4.78 is 5.09. The predicted molar refractivity (Wildman–Crippen MR) is 80.6 cm³/mol. The number of methoxy groups -OCH3 is 1. The predicted octanol–water partition coefficient (Wildman–Crippen LogP) is 3.68. The van der Waals surface area contributed by atoms with Crippen molar-refractivity contribution < 1.29 is 4.74 Å². The number of hydrogen-bond donors (Lipinski definition) is 1. The van der Waals surface area contributed by atoms with E-state index in [9.17, 15) is 0 Å². The molecule has 2 aromatic rings. The van der Waals surface area contributed by atoms with Crippen LogP contribution < -0.4 is 10.1 Å². The Labute approximate surface area is 127 Å². The van der Waals surface area contributed by atoms with Crippen molar-refractivity contribution in [2.45, 2.75) is 13.3 Å². The van der Waals surface area contributed by atoms with Gasteiger partial charge in [0.15, 0.2) is 5.82 Å². The lowest BCUT2D eigenvalue weighted by Gasteiger charge is -2.08. The number of rotatable bonds is 5. The maximum atomic E-state index is 6.16. The fraction of sp³-hybridized carbons (Fsp3) is 0.308. The van der Waals surface area contributed by atoms with Crippen LogP contribution in [0.4, 0.5) is 5.95 Å². The Morgan fingerprint density at radius 3 is 2.70 bits per heavy atom. The molecule has 0 amide bonds. The maximum absolute atomic E-state index is 6.16. The molecule has 2 rings (SSSR count). The van der Waals surface area contributed by atoms with Crippen molar-refractivity contribution in [2.24, 2.45) is 0 Å². The van der Waals surface area contributed by atoms with E-state index >= 15 is 0 Å². The van der Waals surface area contributed by atoms with E-state index in [2.05, 4.69) is 27.2 Å². The highest BCUT2D eigenvalue weighted by Gasteiger charge is 2.12. The summed E-state index contributed by atoms with van der Waals surface area (Å²) in [6.45, 7) is 2.82. The zero-order valence-corrected chi connectivity index (χ0v) is 12.7. The first-order valence-corrected chi connectivity index (χ1v) is 6.89. The third kappa shape index (κ3) is 3.49. The summed E-state index contributed by atoms with van der Waals surface area (Å²) in [5.41, 5.74) is 0.638. The van der Waals surface area contributed by atoms with Crippen molar-refractivity contribution >= 4 is 29.2 Å². The van der Waals surface area contributed by atoms with E-state index in [-0.39, 0.29) is 6.01 Å². The standard InChI is InChI=1S/C13H14Cl2N4O/c1-3-6-16-12-17-11(18-13(19-12)20-2)9-7-8(14)4-5-10(9)15/h4-5,7H,3,6H2,1-2H3,(H,16,17,18,19). The molecule has 0 radical (unpaired) electrons. The van der Waals surface area contributed by atoms with Gasteiger partial charge >= 0.3 is 6.01 Å². The average molecular weight is 313 g/mol. The van der Waals surface area contributed by atoms with Gasteiger partial charge in [-0.1, -0.05) is 30.1 Å². The van der Waals surface area contributed by atoms with Crippen LogP contribution in [0.1, 0.15) is 13.3 Å². The van der Waals surface area contributed by atoms with E-state index in [1.807, 2.05) is 0 Å². The van der Waals surface area contributed by atoms with Gasteiger partial charge in [0.2, 0.25) is 5.95 Å². The molecule has 0 unspecified atom stereocenters. The molecule has 20 heavy (non-hydrogen) atoms. The minimum atomic E-state index is 0.227. The van der Waals surface area contributed by atoms with E-state index in [4.69, 9.17) is 27.9 Å². The van der Waals surface area contributed by atoms with Crippen molar-refractivity contribution in [2.75, 3.05) is 19.0 Å². The Hall–Kier alpha value is -1.59. The minimum Gasteiger partial charge on any atom is -0.467 e. The normalized spacial score (nSPS) is 10.4. The van der Waals surface area contributed by atoms with Crippen LogP contribution in [0.2, 0.25) is 10.0 Å². The second-order valence-electron chi connectivity index (χ2n) is 4.02. The molecule has 0 saturated carbocycles. The van der Waals surface area contributed by atoms with Crippen LogP contribution in [0.15, 0.2) is 18.2 Å². The number of ether oxygens (including phenoxy) is 1. The summed E-state index contributed by atoms with van der Waals surface area (Å²) in [5, 5.41) is 4.17. The summed E-state index contributed by atoms with van der Waals surface area (Å²) in [5.74, 6) is 0.868. The molecule has 0 atom stereocenters. The quantitative estimate of drug-likeness (QED) is 0.912. The Bertz CT molecular complexity index is 607. The molecular weight excluding hydrogens is 299 g/mol. The molecule has 0 bridgehead atoms. The molecule has 106 valence electrons. The van der Waals surface area contributed by atoms with Crippen LogP contribution in [0, 0.1) is 0 Å². The van der Waals surface area contributed by atoms with Crippen LogP contribution in [0.5, 0.6) is 6.01 Å². The van der Waals surface area contributed by atoms with Crippen molar-refractivity contribution in [1.82, 2.24) is 15.0 Å². The van der Waals surface area contributed by atoms with Crippen LogP contribution in [-0.2, 0) is 0 Å². The Morgan fingerprint density at radius 2 is 2.00 bits per heavy atom. The van der Waals surface area contributed by atoms with Gasteiger partial charge in [0.05, 0.1) is 12.1 Å². The molecule has 7 heteroatoms. The molecule has 0 saturated heterocycles. The molecule has 5 nitrogen and oxygen atoms in total. The number of nitrogens with zero attached hydrogens (tertiary/aromatic N) is 3. The first-order chi connectivity index (χ1) is 9.63. The SMILES string of the molecule is CCCNc1nc(OC)nc(-c2cc(Cl)ccc2Cl)n1. The topological polar surface area (TPSA) is 59.9 Å². The number of nitrogens with one attached hydrogen (secondary N) is 1. The highest BCUT2D eigenvalue weighted by atomic mass is 35.5. The average Bonchev–Trinajstić information content (AvgIpc) is 2.47. The Kier molecular flexibility index (Phi) is 4.98. The van der Waals surface area contributed by atoms with E-state index in [0.717, 1.165) is 13.0 Å². The highest BCUT2D eigenvalue weighted by molar-refractivity contribution is 6.35. The van der Waals surface area contributed by atoms with Gasteiger partial charge in [0.25, 0.3) is 0 Å². The molecule has 0 aliphatic carbocycles. The van der Waals surface area contributed by atoms with E-state index in [1.54, 1.807) is 18.2 Å². The molecule has 1 aromatic carbocycles. The summed E-state index contributed by atoms with van der Waals surface area (Å²) in [6, 6.07) is 5.35. The highest BCUT2D eigenvalue weighted by Crippen LogP contribution is 2.29. The van der Waals surface area contributed by atoms with Gasteiger partial charge in [-0.05, 0) is 24.6 Å². The van der Waals surface area contributed by atoms with Gasteiger partial charge in [-0.25, -0.2) is 0 Å². The van der Waals surface area contributed by atoms with Crippen LogP contribution in [0.25, 0.3) is 11.4 Å². The molecule has 1 aromatic heterocycles. The monoisotopic (exact) mass is 312 g/mol. The van der Waals surface area contributed by atoms with Gasteiger partial charge in [-0.3, -0.25) is 0 Å². The number of hydrogen-bond acceptors (Lipinski definition) is 5. The van der Waals surface area contributed by atoms with Gasteiger partial charge in [-0.2, -0.15) is 15.0 Å². The first-order valence-electron chi connectivity index (χ1n) is 6.13. The van der Waals surface area contributed by atoms with Crippen molar-refractivity contribution in [1.29, 1.82) is 0 Å². The third-order valence-electron chi connectivity index (χ3n) is 2.50. The zero-order chi connectivity index (χ0) is 14.5. The van der Waals surface area contributed by atoms with Crippen molar-refractivity contribution in [3.8, 4) is 17.4 Å². The Morgan fingerprint density at radius 1 is 1.20 bits per heavy atom. The number of anilines is 1. The molecule has 0 fully saturated rings. The summed E-state index contributed by atoms with van der Waals surface area (Å²) in [6.07, 6.45) is 0.960. The molecular formula is C13H14Cl2N4O. The molecule has 0 aliphatic heterocycles. The largest absolute Gasteiger partial charge is 0.467 e. The van der Waals surface area contributed by atoms with Crippen LogP contribution in [-0.4, -0.2) is 28.6 Å². The van der Waals surface area contributed by atoms with Gasteiger partial charge in [0.1, 0.15) is 0 Å². The zero-order valence-electron chi connectivity index (χ0n) is 11.2. The maximum Gasteiger partial charge on any atom is 0.321 e. The molecule has 1 N–H and O–H groups in total. The lowest BCUT2D eigenvalue weighted by atomic mass is 10.2. The number of benzene rings is 1. The van der Waals surface area contributed by atoms with E-state index in [0.29, 0.717) is 27.4 Å². The lowest BCUT2D eigenvalue weighted by molar-refractivity contribution is 0.379. The minimum absolute atomic E-state index is 0.227. The Balaban J connectivity index is 2.46.